The monoisotopic (exact) mass is 198 g/mol. The smallest absolute Gasteiger partial charge is 0.0908 e. The molecule has 1 saturated heterocycles. The summed E-state index contributed by atoms with van der Waals surface area (Å²) in [4.78, 5) is 0. The van der Waals surface area contributed by atoms with Crippen molar-refractivity contribution in [1.29, 1.82) is 0 Å². The van der Waals surface area contributed by atoms with Gasteiger partial charge in [-0.15, -0.1) is 0 Å². The van der Waals surface area contributed by atoms with Gasteiger partial charge in [-0.3, -0.25) is 0 Å². The van der Waals surface area contributed by atoms with Crippen molar-refractivity contribution in [2.45, 2.75) is 57.0 Å². The first kappa shape index (κ1) is 10.4. The van der Waals surface area contributed by atoms with Crippen LogP contribution in [0.2, 0.25) is 0 Å². The molecule has 1 unspecified atom stereocenters. The molecule has 2 heteroatoms. The summed E-state index contributed by atoms with van der Waals surface area (Å²) in [6.45, 7) is 1.42. The molecule has 0 aromatic rings. The highest BCUT2D eigenvalue weighted by Crippen LogP contribution is 2.36. The van der Waals surface area contributed by atoms with Gasteiger partial charge in [0.25, 0.3) is 0 Å². The molecule has 2 nitrogen and oxygen atoms in total. The molecule has 2 aliphatic rings. The van der Waals surface area contributed by atoms with Gasteiger partial charge in [-0.1, -0.05) is 25.7 Å². The maximum Gasteiger partial charge on any atom is 0.0908 e. The lowest BCUT2D eigenvalue weighted by Gasteiger charge is -2.38. The van der Waals surface area contributed by atoms with Crippen LogP contribution in [-0.4, -0.2) is 23.9 Å². The van der Waals surface area contributed by atoms with Gasteiger partial charge < -0.3 is 9.84 Å². The Morgan fingerprint density at radius 3 is 2.29 bits per heavy atom. The minimum absolute atomic E-state index is 0.484. The largest absolute Gasteiger partial charge is 0.387 e. The first-order chi connectivity index (χ1) is 6.81. The summed E-state index contributed by atoms with van der Waals surface area (Å²) < 4.78 is 5.43. The molecule has 82 valence electrons. The van der Waals surface area contributed by atoms with Crippen LogP contribution in [0.25, 0.3) is 0 Å². The number of aliphatic hydroxyl groups is 1. The molecule has 1 atom stereocenters. The van der Waals surface area contributed by atoms with E-state index in [1.807, 2.05) is 0 Å². The van der Waals surface area contributed by atoms with E-state index in [1.165, 1.54) is 38.5 Å². The van der Waals surface area contributed by atoms with E-state index in [-0.39, 0.29) is 0 Å². The predicted octanol–water partition coefficient (Wildman–Crippen LogP) is 2.50. The van der Waals surface area contributed by atoms with Crippen molar-refractivity contribution in [2.75, 3.05) is 13.2 Å². The van der Waals surface area contributed by atoms with E-state index in [4.69, 9.17) is 4.74 Å². The van der Waals surface area contributed by atoms with E-state index < -0.39 is 5.60 Å². The van der Waals surface area contributed by atoms with Crippen LogP contribution in [0, 0.1) is 5.92 Å². The van der Waals surface area contributed by atoms with E-state index in [2.05, 4.69) is 0 Å². The summed E-state index contributed by atoms with van der Waals surface area (Å²) in [6.07, 6.45) is 9.71. The standard InChI is InChI=1S/C12H22O2/c13-12(8-5-9-14-10-12)11-6-3-1-2-4-7-11/h11,13H,1-10H2. The summed E-state index contributed by atoms with van der Waals surface area (Å²) >= 11 is 0. The molecule has 1 aliphatic carbocycles. The zero-order valence-corrected chi connectivity index (χ0v) is 9.00. The third-order valence-electron chi connectivity index (χ3n) is 3.87. The van der Waals surface area contributed by atoms with Crippen LogP contribution < -0.4 is 0 Å². The molecule has 14 heavy (non-hydrogen) atoms. The predicted molar refractivity (Wildman–Crippen MR) is 56.2 cm³/mol. The number of rotatable bonds is 1. The van der Waals surface area contributed by atoms with Crippen LogP contribution in [0.15, 0.2) is 0 Å². The maximum atomic E-state index is 10.5. The molecular formula is C12H22O2. The Kier molecular flexibility index (Phi) is 3.45. The summed E-state index contributed by atoms with van der Waals surface area (Å²) in [5.74, 6) is 0.505. The van der Waals surface area contributed by atoms with E-state index in [9.17, 15) is 5.11 Å². The van der Waals surface area contributed by atoms with Crippen molar-refractivity contribution in [3.8, 4) is 0 Å². The van der Waals surface area contributed by atoms with Gasteiger partial charge in [-0.25, -0.2) is 0 Å². The summed E-state index contributed by atoms with van der Waals surface area (Å²) in [5.41, 5.74) is -0.484. The highest BCUT2D eigenvalue weighted by atomic mass is 16.5. The zero-order chi connectivity index (χ0) is 9.86. The van der Waals surface area contributed by atoms with Crippen molar-refractivity contribution in [2.24, 2.45) is 5.92 Å². The van der Waals surface area contributed by atoms with E-state index in [0.717, 1.165) is 19.4 Å². The third kappa shape index (κ3) is 2.29. The van der Waals surface area contributed by atoms with Crippen LogP contribution in [-0.2, 0) is 4.74 Å². The topological polar surface area (TPSA) is 29.5 Å². The van der Waals surface area contributed by atoms with E-state index >= 15 is 0 Å². The number of hydrogen-bond donors (Lipinski definition) is 1. The number of hydrogen-bond acceptors (Lipinski definition) is 2. The lowest BCUT2D eigenvalue weighted by atomic mass is 9.78. The summed E-state index contributed by atoms with van der Waals surface area (Å²) in [5, 5.41) is 10.5. The normalized spacial score (nSPS) is 36.6. The molecule has 2 rings (SSSR count). The second kappa shape index (κ2) is 4.63. The lowest BCUT2D eigenvalue weighted by molar-refractivity contribution is -0.122. The first-order valence-electron chi connectivity index (χ1n) is 6.11. The Balaban J connectivity index is 1.95. The Morgan fingerprint density at radius 2 is 1.71 bits per heavy atom. The molecule has 1 aliphatic heterocycles. The molecular weight excluding hydrogens is 176 g/mol. The van der Waals surface area contributed by atoms with Gasteiger partial charge in [0.15, 0.2) is 0 Å². The first-order valence-corrected chi connectivity index (χ1v) is 6.11. The van der Waals surface area contributed by atoms with Crippen LogP contribution in [0.5, 0.6) is 0 Å². The lowest BCUT2D eigenvalue weighted by Crippen LogP contribution is -2.45. The summed E-state index contributed by atoms with van der Waals surface area (Å²) in [7, 11) is 0. The van der Waals surface area contributed by atoms with Crippen molar-refractivity contribution in [1.82, 2.24) is 0 Å². The maximum absolute atomic E-state index is 10.5. The molecule has 0 amide bonds. The second-order valence-electron chi connectivity index (χ2n) is 4.95. The molecule has 1 heterocycles. The highest BCUT2D eigenvalue weighted by molar-refractivity contribution is 4.89. The van der Waals surface area contributed by atoms with Gasteiger partial charge in [0.05, 0.1) is 12.2 Å². The van der Waals surface area contributed by atoms with Gasteiger partial charge in [-0.2, -0.15) is 0 Å². The SMILES string of the molecule is OC1(C2CCCCCC2)CCCOC1. The van der Waals surface area contributed by atoms with Crippen molar-refractivity contribution in [3.05, 3.63) is 0 Å². The Bertz CT molecular complexity index is 165. The van der Waals surface area contributed by atoms with Crippen molar-refractivity contribution >= 4 is 0 Å². The van der Waals surface area contributed by atoms with Crippen LogP contribution in [0.1, 0.15) is 51.4 Å². The summed E-state index contributed by atoms with van der Waals surface area (Å²) in [6, 6.07) is 0. The molecule has 0 aromatic carbocycles. The van der Waals surface area contributed by atoms with Gasteiger partial charge >= 0.3 is 0 Å². The van der Waals surface area contributed by atoms with Gasteiger partial charge in [-0.05, 0) is 31.6 Å². The second-order valence-corrected chi connectivity index (χ2v) is 4.95. The average Bonchev–Trinajstić information content (AvgIpc) is 2.47. The number of ether oxygens (including phenoxy) is 1. The fraction of sp³-hybridized carbons (Fsp3) is 1.00. The Morgan fingerprint density at radius 1 is 1.00 bits per heavy atom. The van der Waals surface area contributed by atoms with E-state index in [0.29, 0.717) is 12.5 Å². The van der Waals surface area contributed by atoms with Crippen molar-refractivity contribution in [3.63, 3.8) is 0 Å². The third-order valence-corrected chi connectivity index (χ3v) is 3.87. The average molecular weight is 198 g/mol. The Labute approximate surface area is 86.6 Å². The molecule has 1 saturated carbocycles. The van der Waals surface area contributed by atoms with Crippen LogP contribution >= 0.6 is 0 Å². The molecule has 0 radical (unpaired) electrons. The van der Waals surface area contributed by atoms with E-state index in [1.54, 1.807) is 0 Å². The fourth-order valence-electron chi connectivity index (χ4n) is 2.94. The highest BCUT2D eigenvalue weighted by Gasteiger charge is 2.38. The van der Waals surface area contributed by atoms with Gasteiger partial charge in [0.2, 0.25) is 0 Å². The molecule has 2 fully saturated rings. The molecule has 1 N–H and O–H groups in total. The minimum Gasteiger partial charge on any atom is -0.387 e. The fourth-order valence-corrected chi connectivity index (χ4v) is 2.94. The van der Waals surface area contributed by atoms with Gasteiger partial charge in [0.1, 0.15) is 0 Å². The zero-order valence-electron chi connectivity index (χ0n) is 9.00. The quantitative estimate of drug-likeness (QED) is 0.656. The molecule has 0 bridgehead atoms. The minimum atomic E-state index is -0.484. The molecule has 0 spiro atoms. The Hall–Kier alpha value is -0.0800. The van der Waals surface area contributed by atoms with Crippen LogP contribution in [0.4, 0.5) is 0 Å². The molecule has 0 aromatic heterocycles. The van der Waals surface area contributed by atoms with Crippen LogP contribution in [0.3, 0.4) is 0 Å². The van der Waals surface area contributed by atoms with Gasteiger partial charge in [0, 0.05) is 6.61 Å². The van der Waals surface area contributed by atoms with Crippen molar-refractivity contribution < 1.29 is 9.84 Å².